The van der Waals surface area contributed by atoms with Gasteiger partial charge in [0.15, 0.2) is 0 Å². The quantitative estimate of drug-likeness (QED) is 0.355. The minimum atomic E-state index is -1.77. The summed E-state index contributed by atoms with van der Waals surface area (Å²) in [4.78, 5) is 0. The van der Waals surface area contributed by atoms with Gasteiger partial charge in [0.05, 0.1) is 0 Å². The van der Waals surface area contributed by atoms with Gasteiger partial charge in [-0.25, -0.2) is 0 Å². The summed E-state index contributed by atoms with van der Waals surface area (Å²) in [6.07, 6.45) is 13.4. The third-order valence-corrected chi connectivity index (χ3v) is 7.02. The van der Waals surface area contributed by atoms with E-state index in [9.17, 15) is 3.83 Å². The molecule has 0 amide bonds. The summed E-state index contributed by atoms with van der Waals surface area (Å²) >= 11 is -1.77. The van der Waals surface area contributed by atoms with Crippen LogP contribution in [0.15, 0.2) is 24.3 Å². The van der Waals surface area contributed by atoms with Crippen LogP contribution in [0.3, 0.4) is 0 Å². The predicted molar refractivity (Wildman–Crippen MR) is 93.9 cm³/mol. The summed E-state index contributed by atoms with van der Waals surface area (Å²) in [5.41, 5.74) is 1.25. The van der Waals surface area contributed by atoms with Crippen LogP contribution in [-0.2, 0) is 3.83 Å². The average molecular weight is 355 g/mol. The molecule has 0 radical (unpaired) electrons. The summed E-state index contributed by atoms with van der Waals surface area (Å²) in [5.74, 6) is 0. The molecule has 1 nitrogen and oxygen atoms in total. The summed E-state index contributed by atoms with van der Waals surface area (Å²) in [5, 5.41) is 0.916. The van der Waals surface area contributed by atoms with E-state index in [0.29, 0.717) is 0 Å². The molecule has 21 heavy (non-hydrogen) atoms. The fourth-order valence-electron chi connectivity index (χ4n) is 2.53. The zero-order valence-electron chi connectivity index (χ0n) is 13.9. The first-order chi connectivity index (χ1) is 10.2. The van der Waals surface area contributed by atoms with E-state index >= 15 is 0 Å². The first-order valence-electron chi connectivity index (χ1n) is 8.69. The van der Waals surface area contributed by atoms with Crippen LogP contribution in [0.2, 0.25) is 5.32 Å². The van der Waals surface area contributed by atoms with Gasteiger partial charge in [-0.1, -0.05) is 0 Å². The van der Waals surface area contributed by atoms with Crippen molar-refractivity contribution < 1.29 is 3.83 Å². The van der Waals surface area contributed by atoms with Crippen molar-refractivity contribution in [2.45, 2.75) is 83.4 Å². The Labute approximate surface area is 135 Å². The Balaban J connectivity index is 1.96. The molecule has 0 saturated heterocycles. The van der Waals surface area contributed by atoms with Crippen molar-refractivity contribution >= 4 is 18.3 Å². The molecule has 0 N–H and O–H groups in total. The van der Waals surface area contributed by atoms with Gasteiger partial charge in [-0.3, -0.25) is 0 Å². The monoisotopic (exact) mass is 356 g/mol. The van der Waals surface area contributed by atoms with E-state index < -0.39 is 13.8 Å². The van der Waals surface area contributed by atoms with Crippen LogP contribution in [0.5, 0.6) is 0 Å². The fourth-order valence-corrected chi connectivity index (χ4v) is 4.92. The molecule has 0 bridgehead atoms. The molecule has 0 aromatic heterocycles. The van der Waals surface area contributed by atoms with E-state index in [1.807, 2.05) is 12.1 Å². The molecule has 2 heteroatoms. The SMILES string of the molecule is CCCCCCCCCCCC[Se](=O)c1ccc(C)cc1. The molecule has 1 rings (SSSR count). The van der Waals surface area contributed by atoms with Crippen molar-refractivity contribution in [3.63, 3.8) is 0 Å². The molecule has 0 heterocycles. The summed E-state index contributed by atoms with van der Waals surface area (Å²) in [7, 11) is 0. The van der Waals surface area contributed by atoms with E-state index in [4.69, 9.17) is 0 Å². The van der Waals surface area contributed by atoms with Gasteiger partial charge in [-0.15, -0.1) is 0 Å². The summed E-state index contributed by atoms with van der Waals surface area (Å²) in [6, 6.07) is 8.23. The topological polar surface area (TPSA) is 17.1 Å². The maximum absolute atomic E-state index is 12.2. The molecular weight excluding hydrogens is 323 g/mol. The van der Waals surface area contributed by atoms with Crippen LogP contribution >= 0.6 is 0 Å². The van der Waals surface area contributed by atoms with Crippen LogP contribution in [0.1, 0.15) is 76.7 Å². The second-order valence-corrected chi connectivity index (χ2v) is 9.34. The van der Waals surface area contributed by atoms with E-state index in [1.54, 1.807) is 0 Å². The van der Waals surface area contributed by atoms with Crippen LogP contribution in [0.25, 0.3) is 0 Å². The third kappa shape index (κ3) is 9.22. The van der Waals surface area contributed by atoms with Gasteiger partial charge in [0.25, 0.3) is 0 Å². The molecule has 1 unspecified atom stereocenters. The van der Waals surface area contributed by atoms with Crippen molar-refractivity contribution in [3.8, 4) is 0 Å². The Kier molecular flexibility index (Phi) is 10.7. The van der Waals surface area contributed by atoms with Gasteiger partial charge < -0.3 is 0 Å². The number of hydrogen-bond acceptors (Lipinski definition) is 1. The third-order valence-electron chi connectivity index (χ3n) is 3.97. The standard InChI is InChI=1S/C19H32OSe/c1-3-4-5-6-7-8-9-10-11-12-17-21(20)19-15-13-18(2)14-16-19/h13-16H,3-12,17H2,1-2H3. The molecule has 120 valence electrons. The predicted octanol–water partition coefficient (Wildman–Crippen LogP) is 5.54. The average Bonchev–Trinajstić information content (AvgIpc) is 2.49. The molecule has 1 atom stereocenters. The van der Waals surface area contributed by atoms with Crippen molar-refractivity contribution in [1.82, 2.24) is 0 Å². The molecule has 0 fully saturated rings. The number of aryl methyl sites for hydroxylation is 1. The molecule has 1 aromatic carbocycles. The minimum absolute atomic E-state index is 0.916. The number of unbranched alkanes of at least 4 members (excludes halogenated alkanes) is 9. The first-order valence-corrected chi connectivity index (χ1v) is 11.5. The van der Waals surface area contributed by atoms with Gasteiger partial charge in [0, 0.05) is 0 Å². The number of benzene rings is 1. The second kappa shape index (κ2) is 12.1. The molecule has 0 saturated carbocycles. The van der Waals surface area contributed by atoms with Gasteiger partial charge in [0.2, 0.25) is 0 Å². The Hall–Kier alpha value is -0.461. The van der Waals surface area contributed by atoms with Crippen molar-refractivity contribution in [1.29, 1.82) is 0 Å². The van der Waals surface area contributed by atoms with E-state index in [1.165, 1.54) is 63.4 Å². The van der Waals surface area contributed by atoms with E-state index in [0.717, 1.165) is 16.2 Å². The Morgan fingerprint density at radius 1 is 0.762 bits per heavy atom. The Morgan fingerprint density at radius 3 is 1.76 bits per heavy atom. The first kappa shape index (κ1) is 18.6. The van der Waals surface area contributed by atoms with Crippen LogP contribution < -0.4 is 4.46 Å². The maximum atomic E-state index is 12.2. The normalized spacial score (nSPS) is 12.5. The summed E-state index contributed by atoms with van der Waals surface area (Å²) < 4.78 is 13.3. The second-order valence-electron chi connectivity index (χ2n) is 6.04. The van der Waals surface area contributed by atoms with Crippen molar-refractivity contribution in [2.24, 2.45) is 0 Å². The number of rotatable bonds is 12. The molecule has 0 aliphatic rings. The van der Waals surface area contributed by atoms with Gasteiger partial charge in [-0.2, -0.15) is 0 Å². The fraction of sp³-hybridized carbons (Fsp3) is 0.684. The van der Waals surface area contributed by atoms with Crippen LogP contribution in [-0.4, -0.2) is 13.8 Å². The number of hydrogen-bond donors (Lipinski definition) is 0. The van der Waals surface area contributed by atoms with E-state index in [2.05, 4.69) is 26.0 Å². The Morgan fingerprint density at radius 2 is 1.24 bits per heavy atom. The van der Waals surface area contributed by atoms with E-state index in [-0.39, 0.29) is 0 Å². The van der Waals surface area contributed by atoms with Crippen LogP contribution in [0, 0.1) is 6.92 Å². The molecule has 0 aliphatic heterocycles. The van der Waals surface area contributed by atoms with Crippen molar-refractivity contribution in [3.05, 3.63) is 29.8 Å². The molecule has 0 spiro atoms. The van der Waals surface area contributed by atoms with Gasteiger partial charge in [-0.05, 0) is 0 Å². The molecule has 0 aliphatic carbocycles. The van der Waals surface area contributed by atoms with Gasteiger partial charge >= 0.3 is 135 Å². The molecule has 1 aromatic rings. The van der Waals surface area contributed by atoms with Gasteiger partial charge in [0.1, 0.15) is 0 Å². The zero-order chi connectivity index (χ0) is 15.3. The summed E-state index contributed by atoms with van der Waals surface area (Å²) in [6.45, 7) is 4.34. The molecular formula is C19H32OSe. The van der Waals surface area contributed by atoms with Crippen LogP contribution in [0.4, 0.5) is 0 Å². The zero-order valence-corrected chi connectivity index (χ0v) is 15.6. The Bertz CT molecular complexity index is 383. The van der Waals surface area contributed by atoms with Crippen molar-refractivity contribution in [2.75, 3.05) is 0 Å².